The minimum absolute atomic E-state index is 0.267. The van der Waals surface area contributed by atoms with Gasteiger partial charge in [0.25, 0.3) is 0 Å². The molecule has 1 amide bonds. The molecule has 0 spiro atoms. The van der Waals surface area contributed by atoms with E-state index in [0.717, 1.165) is 32.4 Å². The number of amides is 1. The molecule has 0 aromatic heterocycles. The summed E-state index contributed by atoms with van der Waals surface area (Å²) in [6.45, 7) is 6.28. The predicted octanol–water partition coefficient (Wildman–Crippen LogP) is 1.23. The molecule has 0 aromatic carbocycles. The number of likely N-dealkylation sites (N-methyl/N-ethyl adjacent to an activating group) is 1. The Balaban J connectivity index is 1.85. The van der Waals surface area contributed by atoms with E-state index in [1.807, 2.05) is 11.8 Å². The van der Waals surface area contributed by atoms with Gasteiger partial charge in [-0.05, 0) is 52.5 Å². The van der Waals surface area contributed by atoms with E-state index < -0.39 is 0 Å². The van der Waals surface area contributed by atoms with Crippen molar-refractivity contribution in [2.75, 3.05) is 19.6 Å². The highest BCUT2D eigenvalue weighted by atomic mass is 16.3. The van der Waals surface area contributed by atoms with Crippen LogP contribution in [0.3, 0.4) is 0 Å². The zero-order valence-corrected chi connectivity index (χ0v) is 11.6. The third kappa shape index (κ3) is 3.45. The SMILES string of the molecule is CCN(C(=O)CN1CCCC1CC(C)O)C1CC1. The Morgan fingerprint density at radius 1 is 1.44 bits per heavy atom. The second-order valence-electron chi connectivity index (χ2n) is 5.76. The summed E-state index contributed by atoms with van der Waals surface area (Å²) in [6, 6.07) is 0.909. The topological polar surface area (TPSA) is 43.8 Å². The second kappa shape index (κ2) is 6.02. The molecule has 2 unspecified atom stereocenters. The fourth-order valence-corrected chi connectivity index (χ4v) is 3.05. The number of rotatable bonds is 6. The molecule has 4 heteroatoms. The minimum atomic E-state index is -0.267. The maximum Gasteiger partial charge on any atom is 0.236 e. The smallest absolute Gasteiger partial charge is 0.236 e. The fraction of sp³-hybridized carbons (Fsp3) is 0.929. The van der Waals surface area contributed by atoms with Crippen LogP contribution in [0.1, 0.15) is 46.0 Å². The van der Waals surface area contributed by atoms with E-state index in [2.05, 4.69) is 11.8 Å². The summed E-state index contributed by atoms with van der Waals surface area (Å²) in [7, 11) is 0. The number of likely N-dealkylation sites (tertiary alicyclic amines) is 1. The molecule has 0 radical (unpaired) electrons. The van der Waals surface area contributed by atoms with Crippen LogP contribution in [0.25, 0.3) is 0 Å². The standard InChI is InChI=1S/C14H26N2O2/c1-3-16(12-6-7-12)14(18)10-15-8-4-5-13(15)9-11(2)17/h11-13,17H,3-10H2,1-2H3. The van der Waals surface area contributed by atoms with Crippen LogP contribution in [-0.4, -0.2) is 58.6 Å². The average Bonchev–Trinajstić information content (AvgIpc) is 3.04. The summed E-state index contributed by atoms with van der Waals surface area (Å²) in [5.41, 5.74) is 0. The van der Waals surface area contributed by atoms with Crippen LogP contribution in [0.4, 0.5) is 0 Å². The molecule has 2 atom stereocenters. The summed E-state index contributed by atoms with van der Waals surface area (Å²) < 4.78 is 0. The van der Waals surface area contributed by atoms with Crippen molar-refractivity contribution in [1.82, 2.24) is 9.80 Å². The lowest BCUT2D eigenvalue weighted by molar-refractivity contribution is -0.133. The normalized spacial score (nSPS) is 26.3. The van der Waals surface area contributed by atoms with Gasteiger partial charge in [-0.15, -0.1) is 0 Å². The van der Waals surface area contributed by atoms with Gasteiger partial charge >= 0.3 is 0 Å². The van der Waals surface area contributed by atoms with Crippen molar-refractivity contribution in [1.29, 1.82) is 0 Å². The van der Waals surface area contributed by atoms with Gasteiger partial charge in [0.15, 0.2) is 0 Å². The molecule has 0 aromatic rings. The van der Waals surface area contributed by atoms with Gasteiger partial charge in [-0.2, -0.15) is 0 Å². The van der Waals surface area contributed by atoms with Gasteiger partial charge < -0.3 is 10.0 Å². The number of carbonyl (C=O) groups excluding carboxylic acids is 1. The van der Waals surface area contributed by atoms with Crippen LogP contribution in [-0.2, 0) is 4.79 Å². The van der Waals surface area contributed by atoms with Gasteiger partial charge in [-0.3, -0.25) is 9.69 Å². The van der Waals surface area contributed by atoms with Crippen LogP contribution in [0.2, 0.25) is 0 Å². The van der Waals surface area contributed by atoms with Gasteiger partial charge in [0.1, 0.15) is 0 Å². The summed E-state index contributed by atoms with van der Waals surface area (Å²) in [4.78, 5) is 16.6. The fourth-order valence-electron chi connectivity index (χ4n) is 3.05. The summed E-state index contributed by atoms with van der Waals surface area (Å²) >= 11 is 0. The van der Waals surface area contributed by atoms with E-state index in [9.17, 15) is 9.90 Å². The largest absolute Gasteiger partial charge is 0.393 e. The van der Waals surface area contributed by atoms with E-state index >= 15 is 0 Å². The van der Waals surface area contributed by atoms with E-state index in [-0.39, 0.29) is 12.0 Å². The molecule has 1 saturated heterocycles. The molecule has 104 valence electrons. The number of nitrogens with zero attached hydrogens (tertiary/aromatic N) is 2. The van der Waals surface area contributed by atoms with E-state index in [1.165, 1.54) is 12.8 Å². The summed E-state index contributed by atoms with van der Waals surface area (Å²) in [5.74, 6) is 0.275. The lowest BCUT2D eigenvalue weighted by Gasteiger charge is -2.28. The van der Waals surface area contributed by atoms with E-state index in [1.54, 1.807) is 0 Å². The number of hydrogen-bond donors (Lipinski definition) is 1. The maximum absolute atomic E-state index is 12.3. The predicted molar refractivity (Wildman–Crippen MR) is 71.3 cm³/mol. The molecule has 2 rings (SSSR count). The van der Waals surface area contributed by atoms with Gasteiger partial charge in [0.05, 0.1) is 12.6 Å². The first kappa shape index (κ1) is 13.8. The molecule has 0 bridgehead atoms. The Kier molecular flexibility index (Phi) is 4.62. The zero-order valence-electron chi connectivity index (χ0n) is 11.6. The molecule has 1 aliphatic carbocycles. The molecule has 1 saturated carbocycles. The highest BCUT2D eigenvalue weighted by Gasteiger charge is 2.34. The van der Waals surface area contributed by atoms with Gasteiger partial charge in [0.2, 0.25) is 5.91 Å². The van der Waals surface area contributed by atoms with Crippen molar-refractivity contribution in [3.05, 3.63) is 0 Å². The number of aliphatic hydroxyl groups is 1. The maximum atomic E-state index is 12.3. The molecule has 1 heterocycles. The molecular weight excluding hydrogens is 228 g/mol. The molecular formula is C14H26N2O2. The molecule has 4 nitrogen and oxygen atoms in total. The highest BCUT2D eigenvalue weighted by Crippen LogP contribution is 2.27. The van der Waals surface area contributed by atoms with Crippen LogP contribution >= 0.6 is 0 Å². The number of hydrogen-bond acceptors (Lipinski definition) is 3. The second-order valence-corrected chi connectivity index (χ2v) is 5.76. The monoisotopic (exact) mass is 254 g/mol. The molecule has 18 heavy (non-hydrogen) atoms. The van der Waals surface area contributed by atoms with Crippen molar-refractivity contribution < 1.29 is 9.90 Å². The van der Waals surface area contributed by atoms with Crippen molar-refractivity contribution in [3.63, 3.8) is 0 Å². The Morgan fingerprint density at radius 3 is 2.72 bits per heavy atom. The molecule has 2 fully saturated rings. The molecule has 2 aliphatic rings. The Bertz CT molecular complexity index is 290. The first-order valence-corrected chi connectivity index (χ1v) is 7.33. The molecule has 1 N–H and O–H groups in total. The van der Waals surface area contributed by atoms with Crippen LogP contribution in [0.5, 0.6) is 0 Å². The summed E-state index contributed by atoms with van der Waals surface area (Å²) in [5, 5.41) is 9.50. The van der Waals surface area contributed by atoms with Gasteiger partial charge in [-0.25, -0.2) is 0 Å². The van der Waals surface area contributed by atoms with E-state index in [4.69, 9.17) is 0 Å². The van der Waals surface area contributed by atoms with Crippen molar-refractivity contribution in [2.45, 2.75) is 64.1 Å². The Morgan fingerprint density at radius 2 is 2.17 bits per heavy atom. The lowest BCUT2D eigenvalue weighted by atomic mass is 10.1. The molecule has 1 aliphatic heterocycles. The van der Waals surface area contributed by atoms with Crippen LogP contribution < -0.4 is 0 Å². The highest BCUT2D eigenvalue weighted by molar-refractivity contribution is 5.79. The third-order valence-electron chi connectivity index (χ3n) is 4.10. The number of carbonyl (C=O) groups is 1. The van der Waals surface area contributed by atoms with Gasteiger partial charge in [-0.1, -0.05) is 0 Å². The summed E-state index contributed by atoms with van der Waals surface area (Å²) in [6.07, 6.45) is 5.15. The average molecular weight is 254 g/mol. The van der Waals surface area contributed by atoms with Crippen LogP contribution in [0, 0.1) is 0 Å². The van der Waals surface area contributed by atoms with Crippen molar-refractivity contribution in [3.8, 4) is 0 Å². The van der Waals surface area contributed by atoms with E-state index in [0.29, 0.717) is 18.6 Å². The van der Waals surface area contributed by atoms with Gasteiger partial charge in [0, 0.05) is 18.6 Å². The number of aliphatic hydroxyl groups excluding tert-OH is 1. The third-order valence-corrected chi connectivity index (χ3v) is 4.10. The Labute approximate surface area is 110 Å². The van der Waals surface area contributed by atoms with Crippen molar-refractivity contribution in [2.24, 2.45) is 0 Å². The first-order valence-electron chi connectivity index (χ1n) is 7.33. The van der Waals surface area contributed by atoms with Crippen molar-refractivity contribution >= 4 is 5.91 Å². The van der Waals surface area contributed by atoms with Crippen LogP contribution in [0.15, 0.2) is 0 Å². The first-order chi connectivity index (χ1) is 8.61. The Hall–Kier alpha value is -0.610. The quantitative estimate of drug-likeness (QED) is 0.775. The lowest BCUT2D eigenvalue weighted by Crippen LogP contribution is -2.43. The zero-order chi connectivity index (χ0) is 13.1. The minimum Gasteiger partial charge on any atom is -0.393 e.